The van der Waals surface area contributed by atoms with Gasteiger partial charge < -0.3 is 19.0 Å². The Morgan fingerprint density at radius 1 is 0.846 bits per heavy atom. The first kappa shape index (κ1) is 26.2. The molecule has 2 aliphatic heterocycles. The van der Waals surface area contributed by atoms with Gasteiger partial charge in [-0.1, -0.05) is 72.8 Å². The summed E-state index contributed by atoms with van der Waals surface area (Å²) in [5, 5.41) is 0. The van der Waals surface area contributed by atoms with Crippen LogP contribution in [0.2, 0.25) is 0 Å². The van der Waals surface area contributed by atoms with Crippen molar-refractivity contribution in [3.8, 4) is 5.75 Å². The van der Waals surface area contributed by atoms with Crippen LogP contribution in [0.4, 0.5) is 0 Å². The van der Waals surface area contributed by atoms with Crippen molar-refractivity contribution < 1.29 is 19.0 Å². The average molecular weight is 526 g/mol. The molecule has 0 amide bonds. The number of methoxy groups -OCH3 is 1. The summed E-state index contributed by atoms with van der Waals surface area (Å²) in [6.45, 7) is 2.01. The third kappa shape index (κ3) is 5.54. The predicted octanol–water partition coefficient (Wildman–Crippen LogP) is 5.85. The second-order valence-corrected chi connectivity index (χ2v) is 11.6. The third-order valence-electron chi connectivity index (χ3n) is 9.26. The van der Waals surface area contributed by atoms with Gasteiger partial charge in [0.05, 0.1) is 32.5 Å². The van der Waals surface area contributed by atoms with Gasteiger partial charge in [0.2, 0.25) is 0 Å². The number of ether oxygens (including phenoxy) is 3. The van der Waals surface area contributed by atoms with Crippen LogP contribution in [0.5, 0.6) is 5.75 Å². The van der Waals surface area contributed by atoms with Gasteiger partial charge in [-0.15, -0.1) is 0 Å². The smallest absolute Gasteiger partial charge is 0.124 e. The summed E-state index contributed by atoms with van der Waals surface area (Å²) in [5.74, 6) is 1.22. The summed E-state index contributed by atoms with van der Waals surface area (Å²) in [4.78, 5) is 14.7. The van der Waals surface area contributed by atoms with Gasteiger partial charge in [0.25, 0.3) is 0 Å². The Labute approximate surface area is 232 Å². The molecule has 6 atom stereocenters. The summed E-state index contributed by atoms with van der Waals surface area (Å²) in [5.41, 5.74) is 3.70. The first-order chi connectivity index (χ1) is 19.2. The number of rotatable bonds is 10. The quantitative estimate of drug-likeness (QED) is 0.311. The standard InChI is InChI=1S/C34H39NO4/c1-37-29-14-12-25(13-15-29)18-31-33(39-24-27-10-6-3-7-11-27)30-20-34(19-28(22-36)21-35(31)34)17-16-32(30)38-23-26-8-4-2-5-9-26/h2-15,22,28,30-33H,16-21,23-24H2,1H3/t28-,30-,31-,32-,33-,34+/m0/s1. The van der Waals surface area contributed by atoms with E-state index in [0.29, 0.717) is 13.2 Å². The molecule has 2 saturated heterocycles. The highest BCUT2D eigenvalue weighted by atomic mass is 16.5. The van der Waals surface area contributed by atoms with E-state index in [4.69, 9.17) is 14.2 Å². The third-order valence-corrected chi connectivity index (χ3v) is 9.26. The largest absolute Gasteiger partial charge is 0.497 e. The lowest BCUT2D eigenvalue weighted by atomic mass is 9.64. The molecule has 0 aromatic heterocycles. The van der Waals surface area contributed by atoms with Gasteiger partial charge in [0.15, 0.2) is 0 Å². The number of fused-ring (bicyclic) bond motifs is 1. The molecule has 6 rings (SSSR count). The van der Waals surface area contributed by atoms with E-state index in [2.05, 4.69) is 65.6 Å². The van der Waals surface area contributed by atoms with Crippen molar-refractivity contribution >= 4 is 6.29 Å². The average Bonchev–Trinajstić information content (AvgIpc) is 3.35. The zero-order chi connectivity index (χ0) is 26.7. The highest BCUT2D eigenvalue weighted by Crippen LogP contribution is 2.53. The summed E-state index contributed by atoms with van der Waals surface area (Å²) < 4.78 is 19.0. The maximum Gasteiger partial charge on any atom is 0.124 e. The van der Waals surface area contributed by atoms with Crippen molar-refractivity contribution in [2.45, 2.75) is 69.1 Å². The van der Waals surface area contributed by atoms with Crippen LogP contribution in [0.25, 0.3) is 0 Å². The summed E-state index contributed by atoms with van der Waals surface area (Å²) in [6, 6.07) is 29.5. The number of carbonyl (C=O) groups is 1. The lowest BCUT2D eigenvalue weighted by molar-refractivity contribution is -0.184. The Kier molecular flexibility index (Phi) is 7.83. The van der Waals surface area contributed by atoms with Gasteiger partial charge in [-0.2, -0.15) is 0 Å². The molecule has 1 spiro atoms. The van der Waals surface area contributed by atoms with Crippen LogP contribution in [0.15, 0.2) is 84.9 Å². The maximum absolute atomic E-state index is 12.1. The van der Waals surface area contributed by atoms with E-state index < -0.39 is 0 Å². The highest BCUT2D eigenvalue weighted by molar-refractivity contribution is 5.55. The van der Waals surface area contributed by atoms with Crippen LogP contribution in [0, 0.1) is 11.8 Å². The van der Waals surface area contributed by atoms with Gasteiger partial charge in [-0.3, -0.25) is 4.90 Å². The molecule has 3 aromatic carbocycles. The molecule has 39 heavy (non-hydrogen) atoms. The lowest BCUT2D eigenvalue weighted by Crippen LogP contribution is -2.67. The Hall–Kier alpha value is -2.99. The predicted molar refractivity (Wildman–Crippen MR) is 151 cm³/mol. The Balaban J connectivity index is 1.31. The molecule has 2 heterocycles. The van der Waals surface area contributed by atoms with Crippen molar-refractivity contribution in [1.82, 2.24) is 4.90 Å². The van der Waals surface area contributed by atoms with E-state index in [0.717, 1.165) is 44.4 Å². The molecule has 1 saturated carbocycles. The fourth-order valence-corrected chi connectivity index (χ4v) is 7.44. The van der Waals surface area contributed by atoms with E-state index in [1.165, 1.54) is 23.0 Å². The number of carbonyl (C=O) groups excluding carboxylic acids is 1. The molecule has 5 nitrogen and oxygen atoms in total. The monoisotopic (exact) mass is 525 g/mol. The van der Waals surface area contributed by atoms with Crippen molar-refractivity contribution in [2.75, 3.05) is 13.7 Å². The Morgan fingerprint density at radius 3 is 2.15 bits per heavy atom. The Bertz CT molecular complexity index is 1220. The molecule has 5 heteroatoms. The molecule has 0 N–H and O–H groups in total. The van der Waals surface area contributed by atoms with Gasteiger partial charge in [0, 0.05) is 30.0 Å². The molecular formula is C34H39NO4. The molecule has 0 radical (unpaired) electrons. The van der Waals surface area contributed by atoms with Gasteiger partial charge >= 0.3 is 0 Å². The number of benzene rings is 3. The second-order valence-electron chi connectivity index (χ2n) is 11.6. The molecule has 2 bridgehead atoms. The lowest BCUT2D eigenvalue weighted by Gasteiger charge is -2.58. The van der Waals surface area contributed by atoms with Crippen LogP contribution < -0.4 is 4.74 Å². The van der Waals surface area contributed by atoms with E-state index in [1.54, 1.807) is 7.11 Å². The van der Waals surface area contributed by atoms with Crippen LogP contribution in [0.1, 0.15) is 42.4 Å². The molecule has 3 fully saturated rings. The number of piperidine rings is 1. The maximum atomic E-state index is 12.1. The molecule has 0 unspecified atom stereocenters. The summed E-state index contributed by atoms with van der Waals surface area (Å²) in [7, 11) is 1.70. The topological polar surface area (TPSA) is 48.0 Å². The first-order valence-electron chi connectivity index (χ1n) is 14.3. The summed E-state index contributed by atoms with van der Waals surface area (Å²) >= 11 is 0. The van der Waals surface area contributed by atoms with Crippen LogP contribution in [-0.2, 0) is 33.9 Å². The molecule has 1 aliphatic carbocycles. The zero-order valence-electron chi connectivity index (χ0n) is 22.8. The fraction of sp³-hybridized carbons (Fsp3) is 0.441. The number of aldehydes is 1. The van der Waals surface area contributed by atoms with Crippen LogP contribution in [0.3, 0.4) is 0 Å². The molecule has 3 aromatic rings. The molecule has 204 valence electrons. The highest BCUT2D eigenvalue weighted by Gasteiger charge is 2.60. The van der Waals surface area contributed by atoms with E-state index >= 15 is 0 Å². The Morgan fingerprint density at radius 2 is 1.51 bits per heavy atom. The van der Waals surface area contributed by atoms with Crippen LogP contribution >= 0.6 is 0 Å². The first-order valence-corrected chi connectivity index (χ1v) is 14.3. The van der Waals surface area contributed by atoms with Crippen molar-refractivity contribution in [3.05, 3.63) is 102 Å². The van der Waals surface area contributed by atoms with Gasteiger partial charge in [-0.25, -0.2) is 0 Å². The SMILES string of the molecule is COc1ccc(C[C@H]2[C@@H](OCc3ccccc3)[C@H]3C[C@@]4(CC[C@@H]3OCc3ccccc3)C[C@H](C=O)CN24)cc1. The van der Waals surface area contributed by atoms with E-state index in [1.807, 2.05) is 24.3 Å². The minimum absolute atomic E-state index is 0.00640. The second kappa shape index (κ2) is 11.6. The van der Waals surface area contributed by atoms with E-state index in [9.17, 15) is 4.79 Å². The van der Waals surface area contributed by atoms with E-state index in [-0.39, 0.29) is 35.6 Å². The molecule has 3 aliphatic rings. The minimum atomic E-state index is 0.00640. The van der Waals surface area contributed by atoms with Crippen molar-refractivity contribution in [2.24, 2.45) is 11.8 Å². The number of hydrogen-bond donors (Lipinski definition) is 0. The fourth-order valence-electron chi connectivity index (χ4n) is 7.44. The summed E-state index contributed by atoms with van der Waals surface area (Å²) in [6.07, 6.45) is 6.23. The minimum Gasteiger partial charge on any atom is -0.497 e. The van der Waals surface area contributed by atoms with Gasteiger partial charge in [-0.05, 0) is 60.9 Å². The van der Waals surface area contributed by atoms with Gasteiger partial charge in [0.1, 0.15) is 12.0 Å². The normalized spacial score (nSPS) is 30.0. The molecular weight excluding hydrogens is 486 g/mol. The van der Waals surface area contributed by atoms with Crippen LogP contribution in [-0.4, -0.2) is 48.6 Å². The zero-order valence-corrected chi connectivity index (χ0v) is 22.8. The van der Waals surface area contributed by atoms with Crippen molar-refractivity contribution in [3.63, 3.8) is 0 Å². The number of nitrogens with zero attached hydrogens (tertiary/aromatic N) is 1. The van der Waals surface area contributed by atoms with Crippen molar-refractivity contribution in [1.29, 1.82) is 0 Å². The number of hydrogen-bond acceptors (Lipinski definition) is 5.